The first-order valence-corrected chi connectivity index (χ1v) is 10.4. The highest BCUT2D eigenvalue weighted by atomic mass is 35.5. The van der Waals surface area contributed by atoms with Crippen molar-refractivity contribution in [2.75, 3.05) is 12.4 Å². The maximum Gasteiger partial charge on any atom is 0.163 e. The molecular formula is C21H16Cl5NO2. The van der Waals surface area contributed by atoms with E-state index in [4.69, 9.17) is 67.5 Å². The van der Waals surface area contributed by atoms with Crippen molar-refractivity contribution in [1.82, 2.24) is 0 Å². The number of benzene rings is 3. The van der Waals surface area contributed by atoms with Gasteiger partial charge in [0.2, 0.25) is 0 Å². The Morgan fingerprint density at radius 1 is 0.724 bits per heavy atom. The molecule has 0 amide bonds. The monoisotopic (exact) mass is 489 g/mol. The maximum absolute atomic E-state index is 6.45. The molecule has 3 aromatic carbocycles. The fourth-order valence-corrected chi connectivity index (χ4v) is 3.56. The number of hydrogen-bond donors (Lipinski definition) is 1. The van der Waals surface area contributed by atoms with Gasteiger partial charge >= 0.3 is 0 Å². The smallest absolute Gasteiger partial charge is 0.163 e. The van der Waals surface area contributed by atoms with Crippen LogP contribution in [0.2, 0.25) is 25.1 Å². The summed E-state index contributed by atoms with van der Waals surface area (Å²) in [5, 5.41) is 5.87. The van der Waals surface area contributed by atoms with E-state index in [2.05, 4.69) is 5.32 Å². The Morgan fingerprint density at radius 2 is 1.48 bits per heavy atom. The number of nitrogens with one attached hydrogen (secondary N) is 1. The third kappa shape index (κ3) is 5.78. The van der Waals surface area contributed by atoms with Gasteiger partial charge in [0, 0.05) is 38.9 Å². The van der Waals surface area contributed by atoms with Crippen molar-refractivity contribution in [2.24, 2.45) is 0 Å². The van der Waals surface area contributed by atoms with Crippen LogP contribution in [0.25, 0.3) is 0 Å². The van der Waals surface area contributed by atoms with E-state index in [1.807, 2.05) is 18.2 Å². The van der Waals surface area contributed by atoms with Gasteiger partial charge < -0.3 is 14.8 Å². The molecule has 3 rings (SSSR count). The number of halogens is 5. The van der Waals surface area contributed by atoms with E-state index in [1.54, 1.807) is 37.4 Å². The maximum atomic E-state index is 6.45. The van der Waals surface area contributed by atoms with Gasteiger partial charge in [0.1, 0.15) is 6.61 Å². The van der Waals surface area contributed by atoms with Gasteiger partial charge in [0.15, 0.2) is 11.5 Å². The lowest BCUT2D eigenvalue weighted by atomic mass is 10.2. The van der Waals surface area contributed by atoms with Crippen LogP contribution in [0.4, 0.5) is 5.69 Å². The van der Waals surface area contributed by atoms with Crippen LogP contribution in [-0.4, -0.2) is 7.11 Å². The number of methoxy groups -OCH3 is 1. The Kier molecular flexibility index (Phi) is 7.66. The number of rotatable bonds is 7. The number of anilines is 1. The van der Waals surface area contributed by atoms with Crippen LogP contribution in [0.3, 0.4) is 0 Å². The Balaban J connectivity index is 1.73. The summed E-state index contributed by atoms with van der Waals surface area (Å²) in [7, 11) is 1.57. The van der Waals surface area contributed by atoms with Crippen molar-refractivity contribution >= 4 is 63.7 Å². The van der Waals surface area contributed by atoms with Crippen LogP contribution in [0.15, 0.2) is 48.5 Å². The van der Waals surface area contributed by atoms with Crippen LogP contribution in [0.5, 0.6) is 11.5 Å². The van der Waals surface area contributed by atoms with Crippen molar-refractivity contribution in [3.8, 4) is 11.5 Å². The molecule has 0 atom stereocenters. The first-order valence-electron chi connectivity index (χ1n) is 8.49. The van der Waals surface area contributed by atoms with E-state index in [0.717, 1.165) is 16.8 Å². The molecule has 0 radical (unpaired) electrons. The van der Waals surface area contributed by atoms with Crippen LogP contribution in [-0.2, 0) is 13.2 Å². The Bertz CT molecular complexity index is 1030. The zero-order valence-electron chi connectivity index (χ0n) is 15.2. The molecule has 0 bridgehead atoms. The van der Waals surface area contributed by atoms with E-state index in [1.165, 1.54) is 0 Å². The molecule has 0 aliphatic rings. The molecule has 0 saturated heterocycles. The quantitative estimate of drug-likeness (QED) is 0.362. The largest absolute Gasteiger partial charge is 0.493 e. The first-order chi connectivity index (χ1) is 13.9. The molecule has 0 saturated carbocycles. The van der Waals surface area contributed by atoms with Crippen LogP contribution >= 0.6 is 58.0 Å². The number of ether oxygens (including phenoxy) is 2. The zero-order chi connectivity index (χ0) is 21.0. The zero-order valence-corrected chi connectivity index (χ0v) is 19.0. The summed E-state index contributed by atoms with van der Waals surface area (Å²) in [6, 6.07) is 14.1. The van der Waals surface area contributed by atoms with Crippen LogP contribution in [0.1, 0.15) is 11.1 Å². The van der Waals surface area contributed by atoms with Gasteiger partial charge in [-0.25, -0.2) is 0 Å². The summed E-state index contributed by atoms with van der Waals surface area (Å²) in [4.78, 5) is 0. The standard InChI is InChI=1S/C21H16Cl5NO2/c1-28-20-6-13(10-27-15-4-5-16(23)19(26)8-15)18(25)9-21(20)29-11-12-2-3-14(22)7-17(12)24/h2-9,27H,10-11H2,1H3. The van der Waals surface area contributed by atoms with Gasteiger partial charge in [-0.15, -0.1) is 0 Å². The van der Waals surface area contributed by atoms with Gasteiger partial charge in [-0.2, -0.15) is 0 Å². The summed E-state index contributed by atoms with van der Waals surface area (Å²) in [5.41, 5.74) is 2.47. The molecule has 29 heavy (non-hydrogen) atoms. The van der Waals surface area contributed by atoms with E-state index >= 15 is 0 Å². The van der Waals surface area contributed by atoms with Gasteiger partial charge in [0.25, 0.3) is 0 Å². The average molecular weight is 492 g/mol. The molecule has 8 heteroatoms. The first kappa shape index (κ1) is 22.2. The minimum absolute atomic E-state index is 0.254. The fraction of sp³-hybridized carbons (Fsp3) is 0.143. The average Bonchev–Trinajstić information content (AvgIpc) is 2.69. The van der Waals surface area contributed by atoms with Crippen LogP contribution in [0, 0.1) is 0 Å². The van der Waals surface area contributed by atoms with Crippen molar-refractivity contribution in [3.63, 3.8) is 0 Å². The second-order valence-electron chi connectivity index (χ2n) is 6.10. The minimum atomic E-state index is 0.254. The van der Waals surface area contributed by atoms with E-state index < -0.39 is 0 Å². The predicted octanol–water partition coefficient (Wildman–Crippen LogP) is 8.15. The second kappa shape index (κ2) is 10.0. The van der Waals surface area contributed by atoms with Crippen molar-refractivity contribution in [3.05, 3.63) is 84.8 Å². The Labute approximate surface area is 194 Å². The van der Waals surface area contributed by atoms with E-state index in [9.17, 15) is 0 Å². The third-order valence-electron chi connectivity index (χ3n) is 4.13. The SMILES string of the molecule is COc1cc(CNc2ccc(Cl)c(Cl)c2)c(Cl)cc1OCc1ccc(Cl)cc1Cl. The molecule has 0 aromatic heterocycles. The molecule has 0 spiro atoms. The van der Waals surface area contributed by atoms with E-state index in [-0.39, 0.29) is 6.61 Å². The highest BCUT2D eigenvalue weighted by molar-refractivity contribution is 6.42. The Hall–Kier alpha value is -1.49. The molecule has 1 N–H and O–H groups in total. The van der Waals surface area contributed by atoms with Gasteiger partial charge in [-0.05, 0) is 42.0 Å². The molecule has 0 unspecified atom stereocenters. The highest BCUT2D eigenvalue weighted by Crippen LogP contribution is 2.35. The van der Waals surface area contributed by atoms with Crippen molar-refractivity contribution in [2.45, 2.75) is 13.2 Å². The molecule has 0 fully saturated rings. The molecule has 0 heterocycles. The lowest BCUT2D eigenvalue weighted by Crippen LogP contribution is -2.03. The van der Waals surface area contributed by atoms with Gasteiger partial charge in [-0.1, -0.05) is 64.1 Å². The summed E-state index contributed by atoms with van der Waals surface area (Å²) in [5.74, 6) is 1.08. The molecule has 152 valence electrons. The lowest BCUT2D eigenvalue weighted by Gasteiger charge is -2.15. The van der Waals surface area contributed by atoms with Crippen molar-refractivity contribution < 1.29 is 9.47 Å². The summed E-state index contributed by atoms with van der Waals surface area (Å²) < 4.78 is 11.3. The molecule has 3 aromatic rings. The molecular weight excluding hydrogens is 476 g/mol. The summed E-state index contributed by atoms with van der Waals surface area (Å²) in [6.45, 7) is 0.722. The van der Waals surface area contributed by atoms with E-state index in [0.29, 0.717) is 43.2 Å². The summed E-state index contributed by atoms with van der Waals surface area (Å²) >= 11 is 30.6. The lowest BCUT2D eigenvalue weighted by molar-refractivity contribution is 0.284. The third-order valence-corrected chi connectivity index (χ3v) is 5.81. The van der Waals surface area contributed by atoms with Crippen LogP contribution < -0.4 is 14.8 Å². The molecule has 0 aliphatic heterocycles. The van der Waals surface area contributed by atoms with Gasteiger partial charge in [0.05, 0.1) is 17.2 Å². The number of hydrogen-bond acceptors (Lipinski definition) is 3. The normalized spacial score (nSPS) is 10.7. The second-order valence-corrected chi connectivity index (χ2v) is 8.17. The Morgan fingerprint density at radius 3 is 2.17 bits per heavy atom. The molecule has 3 nitrogen and oxygen atoms in total. The molecule has 0 aliphatic carbocycles. The van der Waals surface area contributed by atoms with Crippen molar-refractivity contribution in [1.29, 1.82) is 0 Å². The van der Waals surface area contributed by atoms with Gasteiger partial charge in [-0.3, -0.25) is 0 Å². The topological polar surface area (TPSA) is 30.5 Å². The predicted molar refractivity (Wildman–Crippen MR) is 123 cm³/mol. The fourth-order valence-electron chi connectivity index (χ4n) is 2.58. The minimum Gasteiger partial charge on any atom is -0.493 e. The summed E-state index contributed by atoms with van der Waals surface area (Å²) in [6.07, 6.45) is 0. The highest BCUT2D eigenvalue weighted by Gasteiger charge is 2.12.